The van der Waals surface area contributed by atoms with Crippen LogP contribution in [0.2, 0.25) is 0 Å². The summed E-state index contributed by atoms with van der Waals surface area (Å²) in [5.41, 5.74) is 0. The van der Waals surface area contributed by atoms with Gasteiger partial charge in [0.2, 0.25) is 0 Å². The zero-order valence-electron chi connectivity index (χ0n) is 6.15. The molecule has 0 aromatic heterocycles. The number of rotatable bonds is 3. The third-order valence-electron chi connectivity index (χ3n) is 1.25. The molecule has 0 aliphatic rings. The zero-order chi connectivity index (χ0) is 7.11. The van der Waals surface area contributed by atoms with Gasteiger partial charge in [-0.1, -0.05) is 6.92 Å². The Morgan fingerprint density at radius 1 is 1.56 bits per heavy atom. The molecule has 0 fully saturated rings. The highest BCUT2D eigenvalue weighted by Gasteiger charge is 1.95. The van der Waals surface area contributed by atoms with Crippen LogP contribution in [0.5, 0.6) is 0 Å². The van der Waals surface area contributed by atoms with Crippen molar-refractivity contribution < 1.29 is 5.11 Å². The number of aliphatic hydroxyl groups excluding tert-OH is 1. The summed E-state index contributed by atoms with van der Waals surface area (Å²) in [6, 6.07) is 0. The predicted molar refractivity (Wildman–Crippen MR) is 38.9 cm³/mol. The van der Waals surface area contributed by atoms with E-state index in [4.69, 9.17) is 5.11 Å². The molecule has 1 N–H and O–H groups in total. The largest absolute Gasteiger partial charge is 0.396 e. The molecule has 0 rings (SSSR count). The van der Waals surface area contributed by atoms with Gasteiger partial charge in [0.25, 0.3) is 0 Å². The van der Waals surface area contributed by atoms with Crippen molar-refractivity contribution in [2.24, 2.45) is 5.92 Å². The molecular weight excluding hydrogens is 112 g/mol. The van der Waals surface area contributed by atoms with Gasteiger partial charge in [0.05, 0.1) is 0 Å². The highest BCUT2D eigenvalue weighted by atomic mass is 16.2. The summed E-state index contributed by atoms with van der Waals surface area (Å²) < 4.78 is 0. The Balaban J connectivity index is 3.22. The van der Waals surface area contributed by atoms with Gasteiger partial charge >= 0.3 is 0 Å². The van der Waals surface area contributed by atoms with E-state index in [1.165, 1.54) is 0 Å². The second kappa shape index (κ2) is 5.65. The fourth-order valence-electron chi connectivity index (χ4n) is 0.599. The highest BCUT2D eigenvalue weighted by molar-refractivity contribution is 4.95. The van der Waals surface area contributed by atoms with Crippen LogP contribution in [0.15, 0.2) is 0 Å². The van der Waals surface area contributed by atoms with E-state index in [1.807, 2.05) is 6.92 Å². The lowest BCUT2D eigenvalue weighted by Gasteiger charge is -2.01. The Morgan fingerprint density at radius 2 is 2.22 bits per heavy atom. The summed E-state index contributed by atoms with van der Waals surface area (Å²) in [5.74, 6) is 6.34. The fourth-order valence-corrected chi connectivity index (χ4v) is 0.599. The van der Waals surface area contributed by atoms with E-state index < -0.39 is 0 Å². The summed E-state index contributed by atoms with van der Waals surface area (Å²) in [6.07, 6.45) is 1.78. The molecule has 0 saturated heterocycles. The molecule has 0 aromatic rings. The van der Waals surface area contributed by atoms with Crippen LogP contribution >= 0.6 is 0 Å². The molecule has 0 spiro atoms. The molecule has 0 heterocycles. The second-order valence-corrected chi connectivity index (χ2v) is 2.25. The lowest BCUT2D eigenvalue weighted by molar-refractivity contribution is 0.264. The van der Waals surface area contributed by atoms with Crippen LogP contribution in [-0.4, -0.2) is 11.7 Å². The standard InChI is InChI=1S/C8H14O/c1-3-4-5-8(2)6-7-9/h8-9H,5-7H2,1-2H3. The summed E-state index contributed by atoms with van der Waals surface area (Å²) in [6.45, 7) is 4.22. The molecule has 1 heteroatoms. The van der Waals surface area contributed by atoms with Gasteiger partial charge in [-0.15, -0.1) is 11.8 Å². The van der Waals surface area contributed by atoms with Gasteiger partial charge in [-0.25, -0.2) is 0 Å². The molecule has 0 radical (unpaired) electrons. The molecule has 0 aliphatic carbocycles. The van der Waals surface area contributed by atoms with E-state index in [0.717, 1.165) is 12.8 Å². The summed E-state index contributed by atoms with van der Waals surface area (Å²) in [4.78, 5) is 0. The average molecular weight is 126 g/mol. The SMILES string of the molecule is CC#CCC(C)CCO. The van der Waals surface area contributed by atoms with Gasteiger partial charge in [0, 0.05) is 13.0 Å². The van der Waals surface area contributed by atoms with Gasteiger partial charge in [0.1, 0.15) is 0 Å². The van der Waals surface area contributed by atoms with Crippen molar-refractivity contribution in [3.05, 3.63) is 0 Å². The first-order valence-electron chi connectivity index (χ1n) is 3.31. The number of hydrogen-bond acceptors (Lipinski definition) is 1. The Hall–Kier alpha value is -0.480. The lowest BCUT2D eigenvalue weighted by Crippen LogP contribution is -1.95. The molecule has 1 unspecified atom stereocenters. The van der Waals surface area contributed by atoms with E-state index >= 15 is 0 Å². The number of hydrogen-bond donors (Lipinski definition) is 1. The first-order valence-corrected chi connectivity index (χ1v) is 3.31. The average Bonchev–Trinajstić information content (AvgIpc) is 1.85. The van der Waals surface area contributed by atoms with Crippen molar-refractivity contribution in [3.8, 4) is 11.8 Å². The molecule has 0 aromatic carbocycles. The van der Waals surface area contributed by atoms with Crippen molar-refractivity contribution >= 4 is 0 Å². The van der Waals surface area contributed by atoms with Crippen molar-refractivity contribution in [3.63, 3.8) is 0 Å². The maximum atomic E-state index is 8.49. The zero-order valence-corrected chi connectivity index (χ0v) is 6.15. The maximum Gasteiger partial charge on any atom is 0.0433 e. The topological polar surface area (TPSA) is 20.2 Å². The monoisotopic (exact) mass is 126 g/mol. The van der Waals surface area contributed by atoms with Crippen molar-refractivity contribution in [1.29, 1.82) is 0 Å². The van der Waals surface area contributed by atoms with E-state index in [1.54, 1.807) is 0 Å². The lowest BCUT2D eigenvalue weighted by atomic mass is 10.1. The second-order valence-electron chi connectivity index (χ2n) is 2.25. The van der Waals surface area contributed by atoms with Crippen LogP contribution in [-0.2, 0) is 0 Å². The number of aliphatic hydroxyl groups is 1. The van der Waals surface area contributed by atoms with E-state index in [2.05, 4.69) is 18.8 Å². The van der Waals surface area contributed by atoms with E-state index in [-0.39, 0.29) is 6.61 Å². The summed E-state index contributed by atoms with van der Waals surface area (Å²) in [7, 11) is 0. The molecule has 9 heavy (non-hydrogen) atoms. The third kappa shape index (κ3) is 5.39. The predicted octanol–water partition coefficient (Wildman–Crippen LogP) is 1.42. The van der Waals surface area contributed by atoms with Gasteiger partial charge < -0.3 is 5.11 Å². The molecule has 0 aliphatic heterocycles. The Bertz CT molecular complexity index is 107. The Kier molecular flexibility index (Phi) is 5.35. The van der Waals surface area contributed by atoms with E-state index in [9.17, 15) is 0 Å². The van der Waals surface area contributed by atoms with Gasteiger partial charge in [-0.05, 0) is 19.3 Å². The van der Waals surface area contributed by atoms with Gasteiger partial charge in [-0.3, -0.25) is 0 Å². The molecule has 52 valence electrons. The minimum atomic E-state index is 0.284. The molecule has 0 amide bonds. The van der Waals surface area contributed by atoms with Crippen molar-refractivity contribution in [1.82, 2.24) is 0 Å². The van der Waals surface area contributed by atoms with Crippen LogP contribution < -0.4 is 0 Å². The van der Waals surface area contributed by atoms with Gasteiger partial charge in [-0.2, -0.15) is 0 Å². The van der Waals surface area contributed by atoms with Crippen LogP contribution in [0.25, 0.3) is 0 Å². The van der Waals surface area contributed by atoms with Crippen LogP contribution in [0.4, 0.5) is 0 Å². The first-order chi connectivity index (χ1) is 4.31. The minimum Gasteiger partial charge on any atom is -0.396 e. The van der Waals surface area contributed by atoms with Gasteiger partial charge in [0.15, 0.2) is 0 Å². The Labute approximate surface area is 57.1 Å². The maximum absolute atomic E-state index is 8.49. The summed E-state index contributed by atoms with van der Waals surface area (Å²) >= 11 is 0. The fraction of sp³-hybridized carbons (Fsp3) is 0.750. The normalized spacial score (nSPS) is 11.9. The van der Waals surface area contributed by atoms with E-state index in [0.29, 0.717) is 5.92 Å². The molecule has 0 bridgehead atoms. The van der Waals surface area contributed by atoms with Crippen molar-refractivity contribution in [2.45, 2.75) is 26.7 Å². The van der Waals surface area contributed by atoms with Crippen LogP contribution in [0.3, 0.4) is 0 Å². The molecular formula is C8H14O. The summed E-state index contributed by atoms with van der Waals surface area (Å²) in [5, 5.41) is 8.49. The highest BCUT2D eigenvalue weighted by Crippen LogP contribution is 2.03. The quantitative estimate of drug-likeness (QED) is 0.567. The third-order valence-corrected chi connectivity index (χ3v) is 1.25. The van der Waals surface area contributed by atoms with Crippen LogP contribution in [0, 0.1) is 17.8 Å². The molecule has 1 nitrogen and oxygen atoms in total. The minimum absolute atomic E-state index is 0.284. The first kappa shape index (κ1) is 8.52. The van der Waals surface area contributed by atoms with Crippen molar-refractivity contribution in [2.75, 3.05) is 6.61 Å². The molecule has 0 saturated carbocycles. The van der Waals surface area contributed by atoms with Crippen LogP contribution in [0.1, 0.15) is 26.7 Å². The molecule has 1 atom stereocenters. The Morgan fingerprint density at radius 3 is 2.67 bits per heavy atom. The smallest absolute Gasteiger partial charge is 0.0433 e.